The van der Waals surface area contributed by atoms with E-state index < -0.39 is 0 Å². The predicted octanol–water partition coefficient (Wildman–Crippen LogP) is 3.03. The molecule has 1 atom stereocenters. The number of hydrazone groups is 1. The highest BCUT2D eigenvalue weighted by atomic mass is 79.9. The molecule has 1 heterocycles. The van der Waals surface area contributed by atoms with Crippen LogP contribution in [0.5, 0.6) is 0 Å². The largest absolute Gasteiger partial charge is 0.274 e. The van der Waals surface area contributed by atoms with E-state index in [1.807, 2.05) is 10.3 Å². The van der Waals surface area contributed by atoms with Crippen LogP contribution in [0, 0.1) is 5.41 Å². The molecule has 0 aromatic carbocycles. The van der Waals surface area contributed by atoms with E-state index in [-0.39, 0.29) is 0 Å². The van der Waals surface area contributed by atoms with Gasteiger partial charge in [0.05, 0.1) is 16.1 Å². The van der Waals surface area contributed by atoms with Crippen LogP contribution in [0.1, 0.15) is 41.0 Å². The van der Waals surface area contributed by atoms with Crippen LogP contribution in [0.3, 0.4) is 0 Å². The van der Waals surface area contributed by atoms with E-state index in [1.54, 1.807) is 0 Å². The molecule has 0 radical (unpaired) electrons. The topological polar surface area (TPSA) is 18.8 Å². The fourth-order valence-electron chi connectivity index (χ4n) is 1.58. The van der Waals surface area contributed by atoms with Crippen LogP contribution in [-0.4, -0.2) is 27.5 Å². The first-order valence-corrected chi connectivity index (χ1v) is 5.79. The zero-order chi connectivity index (χ0) is 10.9. The summed E-state index contributed by atoms with van der Waals surface area (Å²) in [6.45, 7) is 11.1. The quantitative estimate of drug-likeness (QED) is 0.712. The monoisotopic (exact) mass is 261 g/mol. The van der Waals surface area contributed by atoms with Gasteiger partial charge in [0.2, 0.25) is 0 Å². The van der Waals surface area contributed by atoms with Gasteiger partial charge < -0.3 is 0 Å². The van der Waals surface area contributed by atoms with Gasteiger partial charge >= 0.3 is 0 Å². The van der Waals surface area contributed by atoms with Gasteiger partial charge in [-0.2, -0.15) is 5.10 Å². The Bertz CT molecular complexity index is 220. The van der Waals surface area contributed by atoms with E-state index in [0.29, 0.717) is 17.6 Å². The van der Waals surface area contributed by atoms with Crippen molar-refractivity contribution < 1.29 is 0 Å². The Kier molecular flexibility index (Phi) is 3.45. The van der Waals surface area contributed by atoms with Crippen LogP contribution in [0.15, 0.2) is 5.10 Å². The second-order valence-electron chi connectivity index (χ2n) is 5.29. The summed E-state index contributed by atoms with van der Waals surface area (Å²) in [5, 5.41) is 6.51. The van der Waals surface area contributed by atoms with Crippen molar-refractivity contribution in [1.82, 2.24) is 8.93 Å². The smallest absolute Gasteiger partial charge is 0.130 e. The van der Waals surface area contributed by atoms with E-state index in [4.69, 9.17) is 0 Å². The van der Waals surface area contributed by atoms with Gasteiger partial charge in [-0.15, -0.1) is 0 Å². The number of halogens is 1. The van der Waals surface area contributed by atoms with E-state index in [0.717, 1.165) is 6.42 Å². The third-order valence-corrected chi connectivity index (χ3v) is 2.87. The molecule has 0 N–H and O–H groups in total. The summed E-state index contributed by atoms with van der Waals surface area (Å²) in [7, 11) is 0. The minimum absolute atomic E-state index is 0.317. The van der Waals surface area contributed by atoms with Crippen molar-refractivity contribution in [1.29, 1.82) is 0 Å². The third kappa shape index (κ3) is 2.87. The maximum atomic E-state index is 4.37. The molecule has 0 amide bonds. The first-order valence-electron chi connectivity index (χ1n) is 5.08. The Labute approximate surface area is 95.5 Å². The number of hydrogen-bond donors (Lipinski definition) is 0. The maximum absolute atomic E-state index is 4.37. The Hall–Kier alpha value is -0.250. The van der Waals surface area contributed by atoms with Crippen LogP contribution in [-0.2, 0) is 0 Å². The average Bonchev–Trinajstić information content (AvgIpc) is 2.29. The SMILES string of the molecule is CC(C)N1N=CN(Br)C1CC(C)(C)C. The summed E-state index contributed by atoms with van der Waals surface area (Å²) in [5.41, 5.74) is 0.317. The van der Waals surface area contributed by atoms with E-state index in [9.17, 15) is 0 Å². The average molecular weight is 262 g/mol. The van der Waals surface area contributed by atoms with Crippen LogP contribution >= 0.6 is 16.1 Å². The Morgan fingerprint density at radius 3 is 2.43 bits per heavy atom. The summed E-state index contributed by atoms with van der Waals surface area (Å²) in [5.74, 6) is 0. The van der Waals surface area contributed by atoms with Gasteiger partial charge in [-0.1, -0.05) is 20.8 Å². The molecule has 0 saturated carbocycles. The molecule has 0 bridgehead atoms. The number of nitrogens with zero attached hydrogens (tertiary/aromatic N) is 3. The zero-order valence-electron chi connectivity index (χ0n) is 9.66. The molecule has 1 aliphatic heterocycles. The van der Waals surface area contributed by atoms with Crippen molar-refractivity contribution in [3.05, 3.63) is 0 Å². The maximum Gasteiger partial charge on any atom is 0.130 e. The van der Waals surface area contributed by atoms with Crippen molar-refractivity contribution in [2.75, 3.05) is 0 Å². The molecule has 0 saturated heterocycles. The third-order valence-electron chi connectivity index (χ3n) is 2.21. The van der Waals surface area contributed by atoms with Gasteiger partial charge in [-0.25, -0.2) is 0 Å². The molecule has 1 unspecified atom stereocenters. The highest BCUT2D eigenvalue weighted by Gasteiger charge is 2.31. The molecule has 0 aromatic rings. The van der Waals surface area contributed by atoms with Crippen molar-refractivity contribution in [3.63, 3.8) is 0 Å². The van der Waals surface area contributed by atoms with Crippen LogP contribution in [0.25, 0.3) is 0 Å². The normalized spacial score (nSPS) is 22.6. The molecule has 0 fully saturated rings. The fourth-order valence-corrected chi connectivity index (χ4v) is 2.00. The minimum atomic E-state index is 0.317. The number of hydrogen-bond acceptors (Lipinski definition) is 3. The summed E-state index contributed by atoms with van der Waals surface area (Å²) >= 11 is 3.51. The van der Waals surface area contributed by atoms with E-state index in [2.05, 4.69) is 60.9 Å². The second-order valence-corrected chi connectivity index (χ2v) is 6.11. The predicted molar refractivity (Wildman–Crippen MR) is 64.1 cm³/mol. The molecule has 82 valence electrons. The highest BCUT2D eigenvalue weighted by Crippen LogP contribution is 2.30. The summed E-state index contributed by atoms with van der Waals surface area (Å²) in [6, 6.07) is 0.446. The molecule has 3 nitrogen and oxygen atoms in total. The lowest BCUT2D eigenvalue weighted by molar-refractivity contribution is 0.102. The molecule has 1 aliphatic rings. The lowest BCUT2D eigenvalue weighted by atomic mass is 9.90. The highest BCUT2D eigenvalue weighted by molar-refractivity contribution is 9.07. The van der Waals surface area contributed by atoms with Gasteiger partial charge in [0.25, 0.3) is 0 Å². The van der Waals surface area contributed by atoms with E-state index >= 15 is 0 Å². The van der Waals surface area contributed by atoms with Gasteiger partial charge in [0.15, 0.2) is 0 Å². The van der Waals surface area contributed by atoms with Crippen molar-refractivity contribution in [3.8, 4) is 0 Å². The molecule has 1 rings (SSSR count). The molecular weight excluding hydrogens is 242 g/mol. The van der Waals surface area contributed by atoms with Gasteiger partial charge in [0, 0.05) is 6.04 Å². The van der Waals surface area contributed by atoms with Gasteiger partial charge in [-0.05, 0) is 25.7 Å². The van der Waals surface area contributed by atoms with Crippen molar-refractivity contribution >= 4 is 22.5 Å². The zero-order valence-corrected chi connectivity index (χ0v) is 11.2. The summed E-state index contributed by atoms with van der Waals surface area (Å²) in [6.07, 6.45) is 3.28. The van der Waals surface area contributed by atoms with Crippen LogP contribution in [0.2, 0.25) is 0 Å². The first-order chi connectivity index (χ1) is 6.31. The lowest BCUT2D eigenvalue weighted by Gasteiger charge is -2.34. The fraction of sp³-hybridized carbons (Fsp3) is 0.900. The summed E-state index contributed by atoms with van der Waals surface area (Å²) < 4.78 is 2.01. The number of rotatable bonds is 2. The second kappa shape index (κ2) is 4.09. The lowest BCUT2D eigenvalue weighted by Crippen LogP contribution is -2.41. The van der Waals surface area contributed by atoms with E-state index in [1.165, 1.54) is 0 Å². The Balaban J connectivity index is 2.66. The molecule has 4 heteroatoms. The standard InChI is InChI=1S/C10H20BrN3/c1-8(2)14-9(6-10(3,4)5)13(11)7-12-14/h7-9H,6H2,1-5H3. The van der Waals surface area contributed by atoms with Crippen molar-refractivity contribution in [2.24, 2.45) is 10.5 Å². The Morgan fingerprint density at radius 2 is 2.00 bits per heavy atom. The van der Waals surface area contributed by atoms with Gasteiger partial charge in [-0.3, -0.25) is 8.93 Å². The minimum Gasteiger partial charge on any atom is -0.274 e. The molecule has 0 aliphatic carbocycles. The Morgan fingerprint density at radius 1 is 1.43 bits per heavy atom. The van der Waals surface area contributed by atoms with Crippen molar-refractivity contribution in [2.45, 2.75) is 53.2 Å². The molecular formula is C10H20BrN3. The molecule has 0 aromatic heterocycles. The molecule has 0 spiro atoms. The van der Waals surface area contributed by atoms with Crippen LogP contribution < -0.4 is 0 Å². The first kappa shape index (κ1) is 11.8. The molecule has 14 heavy (non-hydrogen) atoms. The summed E-state index contributed by atoms with van der Waals surface area (Å²) in [4.78, 5) is 0. The van der Waals surface area contributed by atoms with Crippen LogP contribution in [0.4, 0.5) is 0 Å². The van der Waals surface area contributed by atoms with Gasteiger partial charge in [0.1, 0.15) is 12.5 Å².